The Morgan fingerprint density at radius 2 is 1.77 bits per heavy atom. The Hall–Kier alpha value is -1.27. The summed E-state index contributed by atoms with van der Waals surface area (Å²) in [5.41, 5.74) is 1.01. The number of hydrogen-bond donors (Lipinski definition) is 2. The first-order valence-corrected chi connectivity index (χ1v) is 11.8. The molecule has 2 saturated carbocycles. The fraction of sp³-hybridized carbons (Fsp3) is 0.708. The third kappa shape index (κ3) is 6.85. The van der Waals surface area contributed by atoms with Crippen molar-refractivity contribution < 1.29 is 23.1 Å². The molecule has 0 heterocycles. The monoisotopic (exact) mass is 459 g/mol. The molecule has 2 aliphatic rings. The highest BCUT2D eigenvalue weighted by molar-refractivity contribution is 6.30. The van der Waals surface area contributed by atoms with E-state index in [9.17, 15) is 23.1 Å². The molecule has 0 aliphatic heterocycles. The smallest absolute Gasteiger partial charge is 0.393 e. The van der Waals surface area contributed by atoms with E-state index in [4.69, 9.17) is 11.6 Å². The number of carboxylic acids is 1. The van der Waals surface area contributed by atoms with Crippen molar-refractivity contribution in [1.29, 1.82) is 0 Å². The number of halogens is 4. The van der Waals surface area contributed by atoms with Crippen LogP contribution in [-0.4, -0.2) is 29.3 Å². The second-order valence-electron chi connectivity index (χ2n) is 9.53. The van der Waals surface area contributed by atoms with Gasteiger partial charge in [0.15, 0.2) is 0 Å². The minimum Gasteiger partial charge on any atom is -0.481 e. The maximum atomic E-state index is 13.7. The highest BCUT2D eigenvalue weighted by atomic mass is 35.5. The van der Waals surface area contributed by atoms with Gasteiger partial charge in [0.25, 0.3) is 0 Å². The minimum absolute atomic E-state index is 0.0260. The lowest BCUT2D eigenvalue weighted by Gasteiger charge is -2.41. The fourth-order valence-electron chi connectivity index (χ4n) is 5.49. The van der Waals surface area contributed by atoms with Crippen LogP contribution in [0.15, 0.2) is 24.3 Å². The number of rotatable bonds is 8. The van der Waals surface area contributed by atoms with Crippen LogP contribution in [0.5, 0.6) is 0 Å². The zero-order valence-electron chi connectivity index (χ0n) is 18.0. The molecule has 2 aliphatic carbocycles. The van der Waals surface area contributed by atoms with E-state index in [1.54, 1.807) is 12.1 Å². The number of alkyl halides is 3. The van der Waals surface area contributed by atoms with E-state index < -0.39 is 24.1 Å². The Kier molecular flexibility index (Phi) is 8.31. The average molecular weight is 460 g/mol. The van der Waals surface area contributed by atoms with Gasteiger partial charge in [0.05, 0.1) is 5.92 Å². The van der Waals surface area contributed by atoms with Crippen LogP contribution in [0.1, 0.15) is 76.2 Å². The van der Waals surface area contributed by atoms with Crippen LogP contribution >= 0.6 is 11.6 Å². The third-order valence-corrected chi connectivity index (χ3v) is 7.58. The van der Waals surface area contributed by atoms with Crippen molar-refractivity contribution in [3.8, 4) is 0 Å². The number of aliphatic carboxylic acids is 1. The van der Waals surface area contributed by atoms with E-state index >= 15 is 0 Å². The van der Waals surface area contributed by atoms with E-state index in [0.717, 1.165) is 31.2 Å². The van der Waals surface area contributed by atoms with Crippen molar-refractivity contribution >= 4 is 17.6 Å². The molecule has 2 N–H and O–H groups in total. The van der Waals surface area contributed by atoms with E-state index in [-0.39, 0.29) is 24.3 Å². The lowest BCUT2D eigenvalue weighted by atomic mass is 9.73. The van der Waals surface area contributed by atoms with E-state index in [1.807, 2.05) is 12.1 Å². The summed E-state index contributed by atoms with van der Waals surface area (Å²) in [5.74, 6) is -1.89. The van der Waals surface area contributed by atoms with Gasteiger partial charge < -0.3 is 10.4 Å². The molecule has 0 bridgehead atoms. The van der Waals surface area contributed by atoms with Gasteiger partial charge in [0.2, 0.25) is 0 Å². The topological polar surface area (TPSA) is 49.3 Å². The molecule has 174 valence electrons. The maximum Gasteiger partial charge on any atom is 0.393 e. The lowest BCUT2D eigenvalue weighted by Crippen LogP contribution is -2.50. The van der Waals surface area contributed by atoms with Crippen LogP contribution in [0.4, 0.5) is 13.2 Å². The van der Waals surface area contributed by atoms with Crippen molar-refractivity contribution in [3.05, 3.63) is 34.9 Å². The van der Waals surface area contributed by atoms with Crippen molar-refractivity contribution in [2.75, 3.05) is 0 Å². The molecular weight excluding hydrogens is 427 g/mol. The van der Waals surface area contributed by atoms with Crippen molar-refractivity contribution in [2.45, 2.75) is 88.9 Å². The molecule has 2 fully saturated rings. The van der Waals surface area contributed by atoms with Crippen LogP contribution < -0.4 is 5.32 Å². The molecular formula is C24H33ClF3NO2. The molecule has 3 rings (SSSR count). The summed E-state index contributed by atoms with van der Waals surface area (Å²) in [6.07, 6.45) is 2.67. The molecule has 0 amide bonds. The normalized spacial score (nSPS) is 27.2. The maximum absolute atomic E-state index is 13.7. The summed E-state index contributed by atoms with van der Waals surface area (Å²) < 4.78 is 41.0. The third-order valence-electron chi connectivity index (χ3n) is 7.33. The summed E-state index contributed by atoms with van der Waals surface area (Å²) in [7, 11) is 0. The molecule has 0 aromatic heterocycles. The minimum atomic E-state index is -4.24. The summed E-state index contributed by atoms with van der Waals surface area (Å²) >= 11 is 6.04. The molecule has 3 nitrogen and oxygen atoms in total. The SMILES string of the molecule is CC(C(CC1CCCC1)N[C@@H]1CC[C@@H](CC(=O)O)C[C@H]1c1ccc(Cl)cc1)C(F)(F)F. The summed E-state index contributed by atoms with van der Waals surface area (Å²) in [5, 5.41) is 13.3. The van der Waals surface area contributed by atoms with Gasteiger partial charge in [0, 0.05) is 23.5 Å². The van der Waals surface area contributed by atoms with Crippen molar-refractivity contribution in [1.82, 2.24) is 5.32 Å². The van der Waals surface area contributed by atoms with Crippen LogP contribution in [0, 0.1) is 17.8 Å². The fourth-order valence-corrected chi connectivity index (χ4v) is 5.62. The lowest BCUT2D eigenvalue weighted by molar-refractivity contribution is -0.179. The quantitative estimate of drug-likeness (QED) is 0.449. The highest BCUT2D eigenvalue weighted by Crippen LogP contribution is 2.41. The van der Waals surface area contributed by atoms with Crippen molar-refractivity contribution in [2.24, 2.45) is 17.8 Å². The van der Waals surface area contributed by atoms with Crippen LogP contribution in [0.25, 0.3) is 0 Å². The molecule has 2 unspecified atom stereocenters. The van der Waals surface area contributed by atoms with Crippen LogP contribution in [0.3, 0.4) is 0 Å². The van der Waals surface area contributed by atoms with E-state index in [1.165, 1.54) is 6.92 Å². The Balaban J connectivity index is 1.80. The zero-order valence-corrected chi connectivity index (χ0v) is 18.8. The van der Waals surface area contributed by atoms with Gasteiger partial charge in [-0.3, -0.25) is 4.79 Å². The number of carboxylic acid groups (broad SMARTS) is 1. The summed E-state index contributed by atoms with van der Waals surface area (Å²) in [6.45, 7) is 1.29. The largest absolute Gasteiger partial charge is 0.481 e. The summed E-state index contributed by atoms with van der Waals surface area (Å²) in [6, 6.07) is 6.70. The van der Waals surface area contributed by atoms with Gasteiger partial charge >= 0.3 is 12.1 Å². The van der Waals surface area contributed by atoms with Gasteiger partial charge in [-0.1, -0.05) is 56.3 Å². The van der Waals surface area contributed by atoms with Gasteiger partial charge in [-0.15, -0.1) is 0 Å². The molecule has 1 aromatic carbocycles. The molecule has 0 spiro atoms. The first-order chi connectivity index (χ1) is 14.6. The van der Waals surface area contributed by atoms with Crippen molar-refractivity contribution in [3.63, 3.8) is 0 Å². The first kappa shape index (κ1) is 24.4. The van der Waals surface area contributed by atoms with Gasteiger partial charge in [-0.25, -0.2) is 0 Å². The second kappa shape index (κ2) is 10.6. The Bertz CT molecular complexity index is 719. The average Bonchev–Trinajstić information content (AvgIpc) is 3.20. The molecule has 7 heteroatoms. The van der Waals surface area contributed by atoms with E-state index in [0.29, 0.717) is 36.6 Å². The van der Waals surface area contributed by atoms with Crippen LogP contribution in [0.2, 0.25) is 5.02 Å². The predicted molar refractivity (Wildman–Crippen MR) is 116 cm³/mol. The summed E-state index contributed by atoms with van der Waals surface area (Å²) in [4.78, 5) is 11.2. The van der Waals surface area contributed by atoms with Crippen LogP contribution in [-0.2, 0) is 4.79 Å². The Labute approximate surface area is 187 Å². The standard InChI is InChI=1S/C24H33ClF3NO2/c1-15(24(26,27)28)22(13-16-4-2-3-5-16)29-21-11-6-17(14-23(30)31)12-20(21)18-7-9-19(25)10-8-18/h7-10,15-17,20-22,29H,2-6,11-14H2,1H3,(H,30,31)/t15?,17-,20+,21-,22?/m1/s1. The molecule has 0 radical (unpaired) electrons. The molecule has 0 saturated heterocycles. The molecule has 1 aromatic rings. The van der Waals surface area contributed by atoms with Gasteiger partial charge in [0.1, 0.15) is 0 Å². The second-order valence-corrected chi connectivity index (χ2v) is 9.97. The highest BCUT2D eigenvalue weighted by Gasteiger charge is 2.44. The number of carbonyl (C=O) groups is 1. The predicted octanol–water partition coefficient (Wildman–Crippen LogP) is 6.80. The number of hydrogen-bond acceptors (Lipinski definition) is 2. The number of benzene rings is 1. The first-order valence-electron chi connectivity index (χ1n) is 11.4. The number of nitrogens with one attached hydrogen (secondary N) is 1. The zero-order chi connectivity index (χ0) is 22.6. The molecule has 5 atom stereocenters. The van der Waals surface area contributed by atoms with E-state index in [2.05, 4.69) is 5.32 Å². The van der Waals surface area contributed by atoms with Gasteiger partial charge in [-0.2, -0.15) is 13.2 Å². The van der Waals surface area contributed by atoms with Gasteiger partial charge in [-0.05, 0) is 61.1 Å². The Morgan fingerprint density at radius 1 is 1.13 bits per heavy atom. The Morgan fingerprint density at radius 3 is 2.35 bits per heavy atom. The molecule has 31 heavy (non-hydrogen) atoms.